The van der Waals surface area contributed by atoms with E-state index in [-0.39, 0.29) is 11.4 Å². The molecule has 1 aliphatic rings. The maximum Gasteiger partial charge on any atom is 0.123 e. The minimum Gasteiger partial charge on any atom is -0.386 e. The van der Waals surface area contributed by atoms with E-state index in [2.05, 4.69) is 4.90 Å². The van der Waals surface area contributed by atoms with Crippen molar-refractivity contribution in [1.29, 1.82) is 0 Å². The minimum atomic E-state index is -0.628. The van der Waals surface area contributed by atoms with Crippen molar-refractivity contribution in [2.24, 2.45) is 0 Å². The van der Waals surface area contributed by atoms with Gasteiger partial charge in [-0.3, -0.25) is 0 Å². The second-order valence-electron chi connectivity index (χ2n) is 6.02. The summed E-state index contributed by atoms with van der Waals surface area (Å²) in [6.45, 7) is 1.86. The van der Waals surface area contributed by atoms with E-state index in [1.807, 2.05) is 27.1 Å². The van der Waals surface area contributed by atoms with Gasteiger partial charge in [0.2, 0.25) is 0 Å². The van der Waals surface area contributed by atoms with Crippen LogP contribution in [0.5, 0.6) is 0 Å². The van der Waals surface area contributed by atoms with Crippen LogP contribution >= 0.6 is 0 Å². The summed E-state index contributed by atoms with van der Waals surface area (Å²) in [4.78, 5) is 2.12. The Hall–Kier alpha value is -0.930. The van der Waals surface area contributed by atoms with E-state index in [0.29, 0.717) is 5.56 Å². The molecule has 1 unspecified atom stereocenters. The van der Waals surface area contributed by atoms with Crippen LogP contribution < -0.4 is 0 Å². The SMILES string of the molecule is Cc1cc(F)cc(C(O)C2(N(C)C)CCCCC2)c1. The van der Waals surface area contributed by atoms with Crippen LogP contribution in [0.4, 0.5) is 4.39 Å². The lowest BCUT2D eigenvalue weighted by Crippen LogP contribution is -2.50. The summed E-state index contributed by atoms with van der Waals surface area (Å²) in [5.74, 6) is -0.265. The molecule has 0 radical (unpaired) electrons. The molecule has 0 bridgehead atoms. The zero-order valence-electron chi connectivity index (χ0n) is 12.1. The maximum absolute atomic E-state index is 13.6. The maximum atomic E-state index is 13.6. The van der Waals surface area contributed by atoms with Crippen molar-refractivity contribution in [1.82, 2.24) is 4.90 Å². The number of benzene rings is 1. The summed E-state index contributed by atoms with van der Waals surface area (Å²) in [5, 5.41) is 10.8. The first-order valence-corrected chi connectivity index (χ1v) is 7.08. The van der Waals surface area contributed by atoms with E-state index in [1.54, 1.807) is 0 Å². The Labute approximate surface area is 115 Å². The van der Waals surface area contributed by atoms with E-state index < -0.39 is 6.10 Å². The standard InChI is InChI=1S/C16H24FNO/c1-12-9-13(11-14(17)10-12)15(19)16(18(2)3)7-5-4-6-8-16/h9-11,15,19H,4-8H2,1-3H3. The quantitative estimate of drug-likeness (QED) is 0.905. The fraction of sp³-hybridized carbons (Fsp3) is 0.625. The minimum absolute atomic E-state index is 0.252. The molecule has 0 aliphatic heterocycles. The van der Waals surface area contributed by atoms with Crippen molar-refractivity contribution < 1.29 is 9.50 Å². The average molecular weight is 265 g/mol. The monoisotopic (exact) mass is 265 g/mol. The third-order valence-corrected chi connectivity index (χ3v) is 4.50. The molecule has 1 aliphatic carbocycles. The molecule has 0 heterocycles. The molecule has 1 N–H and O–H groups in total. The first-order chi connectivity index (χ1) is 8.95. The van der Waals surface area contributed by atoms with Gasteiger partial charge in [0.15, 0.2) is 0 Å². The highest BCUT2D eigenvalue weighted by Crippen LogP contribution is 2.42. The van der Waals surface area contributed by atoms with Crippen molar-refractivity contribution >= 4 is 0 Å². The highest BCUT2D eigenvalue weighted by Gasteiger charge is 2.41. The second-order valence-corrected chi connectivity index (χ2v) is 6.02. The van der Waals surface area contributed by atoms with Crippen molar-refractivity contribution in [2.75, 3.05) is 14.1 Å². The number of nitrogens with zero attached hydrogens (tertiary/aromatic N) is 1. The normalized spacial score (nSPS) is 20.5. The van der Waals surface area contributed by atoms with Gasteiger partial charge in [0.25, 0.3) is 0 Å². The van der Waals surface area contributed by atoms with Gasteiger partial charge in [0.1, 0.15) is 5.82 Å². The summed E-state index contributed by atoms with van der Waals surface area (Å²) < 4.78 is 13.6. The lowest BCUT2D eigenvalue weighted by atomic mass is 9.74. The Bertz CT molecular complexity index is 418. The molecule has 0 spiro atoms. The lowest BCUT2D eigenvalue weighted by Gasteiger charge is -2.46. The molecule has 1 aromatic rings. The molecule has 1 atom stereocenters. The summed E-state index contributed by atoms with van der Waals surface area (Å²) in [7, 11) is 4.03. The zero-order valence-corrected chi connectivity index (χ0v) is 12.1. The van der Waals surface area contributed by atoms with Gasteiger partial charge in [0, 0.05) is 0 Å². The van der Waals surface area contributed by atoms with Crippen molar-refractivity contribution in [2.45, 2.75) is 50.7 Å². The number of halogens is 1. The van der Waals surface area contributed by atoms with Gasteiger partial charge in [-0.15, -0.1) is 0 Å². The number of hydrogen-bond acceptors (Lipinski definition) is 2. The van der Waals surface area contributed by atoms with Crippen LogP contribution in [-0.4, -0.2) is 29.6 Å². The van der Waals surface area contributed by atoms with Gasteiger partial charge in [-0.05, 0) is 57.1 Å². The largest absolute Gasteiger partial charge is 0.386 e. The van der Waals surface area contributed by atoms with Crippen molar-refractivity contribution in [3.05, 3.63) is 35.1 Å². The predicted octanol–water partition coefficient (Wildman–Crippen LogP) is 3.43. The third kappa shape index (κ3) is 2.82. The van der Waals surface area contributed by atoms with E-state index in [9.17, 15) is 9.50 Å². The van der Waals surface area contributed by atoms with E-state index in [4.69, 9.17) is 0 Å². The first-order valence-electron chi connectivity index (χ1n) is 7.08. The van der Waals surface area contributed by atoms with E-state index >= 15 is 0 Å². The second kappa shape index (κ2) is 5.59. The number of aliphatic hydroxyl groups excluding tert-OH is 1. The predicted molar refractivity (Wildman–Crippen MR) is 75.6 cm³/mol. The number of aliphatic hydroxyl groups is 1. The van der Waals surface area contributed by atoms with Crippen LogP contribution in [-0.2, 0) is 0 Å². The van der Waals surface area contributed by atoms with Gasteiger partial charge in [-0.1, -0.05) is 25.3 Å². The van der Waals surface area contributed by atoms with Crippen LogP contribution in [0.3, 0.4) is 0 Å². The van der Waals surface area contributed by atoms with E-state index in [0.717, 1.165) is 31.2 Å². The number of rotatable bonds is 3. The van der Waals surface area contributed by atoms with Crippen LogP contribution in [0.2, 0.25) is 0 Å². The highest BCUT2D eigenvalue weighted by atomic mass is 19.1. The molecule has 2 rings (SSSR count). The van der Waals surface area contributed by atoms with Crippen LogP contribution in [0.1, 0.15) is 49.3 Å². The molecule has 0 saturated heterocycles. The molecular formula is C16H24FNO. The summed E-state index contributed by atoms with van der Waals surface area (Å²) in [6.07, 6.45) is 4.79. The summed E-state index contributed by atoms with van der Waals surface area (Å²) in [6, 6.07) is 4.87. The molecule has 19 heavy (non-hydrogen) atoms. The smallest absolute Gasteiger partial charge is 0.123 e. The average Bonchev–Trinajstić information content (AvgIpc) is 2.37. The van der Waals surface area contributed by atoms with Gasteiger partial charge in [-0.25, -0.2) is 4.39 Å². The molecule has 1 saturated carbocycles. The number of hydrogen-bond donors (Lipinski definition) is 1. The molecule has 1 aromatic carbocycles. The third-order valence-electron chi connectivity index (χ3n) is 4.50. The van der Waals surface area contributed by atoms with Crippen LogP contribution in [0, 0.1) is 12.7 Å². The zero-order chi connectivity index (χ0) is 14.0. The Morgan fingerprint density at radius 2 is 1.79 bits per heavy atom. The molecule has 3 heteroatoms. The first kappa shape index (κ1) is 14.5. The molecular weight excluding hydrogens is 241 g/mol. The van der Waals surface area contributed by atoms with Gasteiger partial charge >= 0.3 is 0 Å². The Kier molecular flexibility index (Phi) is 4.26. The molecule has 0 amide bonds. The fourth-order valence-corrected chi connectivity index (χ4v) is 3.36. The van der Waals surface area contributed by atoms with Crippen molar-refractivity contribution in [3.8, 4) is 0 Å². The Morgan fingerprint density at radius 1 is 1.16 bits per heavy atom. The van der Waals surface area contributed by atoms with E-state index in [1.165, 1.54) is 18.6 Å². The highest BCUT2D eigenvalue weighted by molar-refractivity contribution is 5.28. The van der Waals surface area contributed by atoms with Crippen LogP contribution in [0.15, 0.2) is 18.2 Å². The molecule has 2 nitrogen and oxygen atoms in total. The summed E-state index contributed by atoms with van der Waals surface area (Å²) >= 11 is 0. The van der Waals surface area contributed by atoms with Crippen molar-refractivity contribution in [3.63, 3.8) is 0 Å². The van der Waals surface area contributed by atoms with Gasteiger partial charge in [0.05, 0.1) is 11.6 Å². The topological polar surface area (TPSA) is 23.5 Å². The van der Waals surface area contributed by atoms with Crippen LogP contribution in [0.25, 0.3) is 0 Å². The lowest BCUT2D eigenvalue weighted by molar-refractivity contribution is -0.0337. The molecule has 0 aromatic heterocycles. The molecule has 1 fully saturated rings. The Balaban J connectivity index is 2.36. The summed E-state index contributed by atoms with van der Waals surface area (Å²) in [5.41, 5.74) is 1.31. The fourth-order valence-electron chi connectivity index (χ4n) is 3.36. The molecule has 106 valence electrons. The van der Waals surface area contributed by atoms with Gasteiger partial charge < -0.3 is 10.0 Å². The number of aryl methyl sites for hydroxylation is 1. The van der Waals surface area contributed by atoms with Gasteiger partial charge in [-0.2, -0.15) is 0 Å². The Morgan fingerprint density at radius 3 is 2.32 bits per heavy atom. The number of likely N-dealkylation sites (N-methyl/N-ethyl adjacent to an activating group) is 1.